The number of carboxylic acid groups (broad SMARTS) is 1. The molecule has 0 saturated carbocycles. The second-order valence-corrected chi connectivity index (χ2v) is 3.40. The normalized spacial score (nSPS) is 14.9. The van der Waals surface area contributed by atoms with Gasteiger partial charge < -0.3 is 14.6 Å². The number of hydrogen-bond donors (Lipinski definition) is 1. The quantitative estimate of drug-likeness (QED) is 0.477. The Bertz CT molecular complexity index is 181. The third kappa shape index (κ3) is 4.62. The predicted molar refractivity (Wildman–Crippen MR) is 57.8 cm³/mol. The Morgan fingerprint density at radius 3 is 2.27 bits per heavy atom. The van der Waals surface area contributed by atoms with Crippen molar-refractivity contribution >= 4 is 5.97 Å². The third-order valence-electron chi connectivity index (χ3n) is 2.25. The number of carboxylic acids is 1. The summed E-state index contributed by atoms with van der Waals surface area (Å²) in [7, 11) is 0. The summed E-state index contributed by atoms with van der Waals surface area (Å²) >= 11 is 0. The number of hydrogen-bond acceptors (Lipinski definition) is 3. The molecule has 1 N–H and O–H groups in total. The van der Waals surface area contributed by atoms with Crippen molar-refractivity contribution in [2.24, 2.45) is 0 Å². The van der Waals surface area contributed by atoms with E-state index in [9.17, 15) is 4.79 Å². The molecular formula is C11H22O4. The largest absolute Gasteiger partial charge is 0.477 e. The van der Waals surface area contributed by atoms with Crippen molar-refractivity contribution in [3.05, 3.63) is 0 Å². The molecular weight excluding hydrogens is 196 g/mol. The molecule has 0 aliphatic heterocycles. The minimum absolute atomic E-state index is 0.322. The summed E-state index contributed by atoms with van der Waals surface area (Å²) in [6.45, 7) is 6.39. The maximum absolute atomic E-state index is 11.1. The van der Waals surface area contributed by atoms with Gasteiger partial charge in [-0.3, -0.25) is 0 Å². The van der Waals surface area contributed by atoms with Gasteiger partial charge in [-0.05, 0) is 13.3 Å². The van der Waals surface area contributed by atoms with Gasteiger partial charge in [-0.1, -0.05) is 26.7 Å². The minimum Gasteiger partial charge on any atom is -0.477 e. The van der Waals surface area contributed by atoms with Crippen LogP contribution in [-0.2, 0) is 14.3 Å². The Morgan fingerprint density at radius 2 is 1.87 bits per heavy atom. The summed E-state index contributed by atoms with van der Waals surface area (Å²) in [4.78, 5) is 11.1. The Morgan fingerprint density at radius 1 is 1.20 bits per heavy atom. The van der Waals surface area contributed by atoms with Gasteiger partial charge >= 0.3 is 5.97 Å². The van der Waals surface area contributed by atoms with Crippen LogP contribution >= 0.6 is 0 Å². The molecule has 4 nitrogen and oxygen atoms in total. The number of rotatable bonds is 9. The van der Waals surface area contributed by atoms with Crippen LogP contribution in [0.5, 0.6) is 0 Å². The molecule has 90 valence electrons. The number of unbranched alkanes of at least 4 members (excludes halogenated alkanes) is 2. The highest BCUT2D eigenvalue weighted by atomic mass is 16.7. The average molecular weight is 218 g/mol. The topological polar surface area (TPSA) is 55.8 Å². The van der Waals surface area contributed by atoms with Gasteiger partial charge in [0.2, 0.25) is 0 Å². The Balaban J connectivity index is 4.16. The van der Waals surface area contributed by atoms with Crippen LogP contribution in [0.4, 0.5) is 0 Å². The summed E-state index contributed by atoms with van der Waals surface area (Å²) < 4.78 is 10.6. The van der Waals surface area contributed by atoms with Gasteiger partial charge in [0, 0.05) is 13.0 Å². The van der Waals surface area contributed by atoms with Crippen molar-refractivity contribution in [2.75, 3.05) is 13.2 Å². The van der Waals surface area contributed by atoms with E-state index in [1.807, 2.05) is 0 Å². The first-order valence-electron chi connectivity index (χ1n) is 5.64. The monoisotopic (exact) mass is 218 g/mol. The molecule has 0 radical (unpaired) electrons. The molecule has 0 aromatic rings. The number of carbonyl (C=O) groups is 1. The SMILES string of the molecule is CCCCCOC(CC)(OCC)C(=O)O. The van der Waals surface area contributed by atoms with E-state index in [-0.39, 0.29) is 0 Å². The van der Waals surface area contributed by atoms with Crippen molar-refractivity contribution in [3.8, 4) is 0 Å². The second-order valence-electron chi connectivity index (χ2n) is 3.40. The summed E-state index contributed by atoms with van der Waals surface area (Å²) in [5.41, 5.74) is 0. The van der Waals surface area contributed by atoms with Crippen LogP contribution in [0.2, 0.25) is 0 Å². The molecule has 0 rings (SSSR count). The van der Waals surface area contributed by atoms with E-state index in [4.69, 9.17) is 14.6 Å². The lowest BCUT2D eigenvalue weighted by Gasteiger charge is -2.27. The first-order chi connectivity index (χ1) is 7.13. The zero-order valence-corrected chi connectivity index (χ0v) is 9.91. The Labute approximate surface area is 91.6 Å². The summed E-state index contributed by atoms with van der Waals surface area (Å²) in [5.74, 6) is -2.48. The van der Waals surface area contributed by atoms with Gasteiger partial charge in [0.05, 0.1) is 6.61 Å². The van der Waals surface area contributed by atoms with Gasteiger partial charge in [0.25, 0.3) is 5.79 Å². The first kappa shape index (κ1) is 14.4. The Hall–Kier alpha value is -0.610. The van der Waals surface area contributed by atoms with Crippen molar-refractivity contribution in [1.82, 2.24) is 0 Å². The summed E-state index contributed by atoms with van der Waals surface area (Å²) in [5, 5.41) is 9.06. The summed E-state index contributed by atoms with van der Waals surface area (Å²) in [6, 6.07) is 0. The second kappa shape index (κ2) is 7.65. The van der Waals surface area contributed by atoms with Crippen LogP contribution in [0.25, 0.3) is 0 Å². The zero-order chi connectivity index (χ0) is 11.7. The lowest BCUT2D eigenvalue weighted by Crippen LogP contribution is -2.44. The van der Waals surface area contributed by atoms with Crippen molar-refractivity contribution in [2.45, 2.75) is 52.2 Å². The number of aliphatic carboxylic acids is 1. The highest BCUT2D eigenvalue weighted by molar-refractivity contribution is 5.75. The minimum atomic E-state index is -1.44. The van der Waals surface area contributed by atoms with Crippen LogP contribution in [0.15, 0.2) is 0 Å². The smallest absolute Gasteiger partial charge is 0.364 e. The third-order valence-corrected chi connectivity index (χ3v) is 2.25. The fraction of sp³-hybridized carbons (Fsp3) is 0.909. The Kier molecular flexibility index (Phi) is 7.34. The fourth-order valence-corrected chi connectivity index (χ4v) is 1.34. The highest BCUT2D eigenvalue weighted by Crippen LogP contribution is 2.19. The van der Waals surface area contributed by atoms with E-state index >= 15 is 0 Å². The van der Waals surface area contributed by atoms with Gasteiger partial charge in [-0.25, -0.2) is 4.79 Å². The van der Waals surface area contributed by atoms with Crippen LogP contribution in [0, 0.1) is 0 Å². The number of ether oxygens (including phenoxy) is 2. The van der Waals surface area contributed by atoms with E-state index in [1.54, 1.807) is 13.8 Å². The maximum Gasteiger partial charge on any atom is 0.364 e. The molecule has 0 spiro atoms. The average Bonchev–Trinajstić information content (AvgIpc) is 2.22. The molecule has 0 aliphatic rings. The van der Waals surface area contributed by atoms with Crippen molar-refractivity contribution in [1.29, 1.82) is 0 Å². The van der Waals surface area contributed by atoms with Crippen molar-refractivity contribution < 1.29 is 19.4 Å². The molecule has 0 heterocycles. The molecule has 0 bridgehead atoms. The maximum atomic E-state index is 11.1. The zero-order valence-electron chi connectivity index (χ0n) is 9.91. The molecule has 0 fully saturated rings. The molecule has 0 saturated heterocycles. The van der Waals surface area contributed by atoms with E-state index in [1.165, 1.54) is 0 Å². The summed E-state index contributed by atoms with van der Waals surface area (Å²) in [6.07, 6.45) is 3.33. The van der Waals surface area contributed by atoms with Gasteiger partial charge in [0.1, 0.15) is 0 Å². The van der Waals surface area contributed by atoms with Crippen LogP contribution in [0.3, 0.4) is 0 Å². The predicted octanol–water partition coefficient (Wildman–Crippen LogP) is 2.42. The van der Waals surface area contributed by atoms with E-state index < -0.39 is 11.8 Å². The molecule has 0 amide bonds. The van der Waals surface area contributed by atoms with Gasteiger partial charge in [-0.15, -0.1) is 0 Å². The molecule has 0 aromatic carbocycles. The lowest BCUT2D eigenvalue weighted by molar-refractivity contribution is -0.244. The highest BCUT2D eigenvalue weighted by Gasteiger charge is 2.38. The molecule has 0 aromatic heterocycles. The van der Waals surface area contributed by atoms with E-state index in [0.717, 1.165) is 19.3 Å². The van der Waals surface area contributed by atoms with E-state index in [0.29, 0.717) is 19.6 Å². The van der Waals surface area contributed by atoms with Crippen molar-refractivity contribution in [3.63, 3.8) is 0 Å². The van der Waals surface area contributed by atoms with Crippen LogP contribution < -0.4 is 0 Å². The molecule has 15 heavy (non-hydrogen) atoms. The molecule has 1 atom stereocenters. The first-order valence-corrected chi connectivity index (χ1v) is 5.64. The standard InChI is InChI=1S/C11H22O4/c1-4-7-8-9-15-11(5-2,10(12)13)14-6-3/h4-9H2,1-3H3,(H,12,13). The van der Waals surface area contributed by atoms with Crippen LogP contribution in [-0.4, -0.2) is 30.1 Å². The molecule has 1 unspecified atom stereocenters. The van der Waals surface area contributed by atoms with E-state index in [2.05, 4.69) is 6.92 Å². The van der Waals surface area contributed by atoms with Crippen LogP contribution in [0.1, 0.15) is 46.5 Å². The lowest BCUT2D eigenvalue weighted by atomic mass is 10.2. The molecule has 4 heteroatoms. The van der Waals surface area contributed by atoms with Gasteiger partial charge in [0.15, 0.2) is 0 Å². The molecule has 0 aliphatic carbocycles. The van der Waals surface area contributed by atoms with Gasteiger partial charge in [-0.2, -0.15) is 0 Å². The fourth-order valence-electron chi connectivity index (χ4n) is 1.34.